The van der Waals surface area contributed by atoms with Crippen molar-refractivity contribution in [3.63, 3.8) is 0 Å². The summed E-state index contributed by atoms with van der Waals surface area (Å²) < 4.78 is 0. The summed E-state index contributed by atoms with van der Waals surface area (Å²) in [5, 5.41) is 0.641. The van der Waals surface area contributed by atoms with Gasteiger partial charge in [0.15, 0.2) is 0 Å². The Balaban J connectivity index is 3.31. The minimum Gasteiger partial charge on any atom is -0.369 e. The Hall–Kier alpha value is -1.10. The van der Waals surface area contributed by atoms with Crippen LogP contribution < -0.4 is 5.73 Å². The van der Waals surface area contributed by atoms with Crippen molar-refractivity contribution in [1.29, 1.82) is 0 Å². The van der Waals surface area contributed by atoms with E-state index < -0.39 is 5.41 Å². The van der Waals surface area contributed by atoms with Gasteiger partial charge in [-0.1, -0.05) is 23.7 Å². The smallest absolute Gasteiger partial charge is 0.228 e. The first-order chi connectivity index (χ1) is 13.4. The first kappa shape index (κ1) is 25.9. The number of hydrogen-bond acceptors (Lipinski definition) is 3. The lowest BCUT2D eigenvalue weighted by Gasteiger charge is -2.39. The molecule has 4 nitrogen and oxygen atoms in total. The molecule has 0 heterocycles. The fraction of sp³-hybridized carbons (Fsp3) is 0.708. The molecule has 0 aliphatic rings. The maximum atomic E-state index is 13.0. The quantitative estimate of drug-likeness (QED) is 0.509. The Bertz CT molecular complexity index is 603. The van der Waals surface area contributed by atoms with Crippen molar-refractivity contribution in [1.82, 2.24) is 9.80 Å². The molecule has 0 spiro atoms. The van der Waals surface area contributed by atoms with E-state index in [1.54, 1.807) is 0 Å². The number of amides is 1. The maximum Gasteiger partial charge on any atom is 0.228 e. The summed E-state index contributed by atoms with van der Waals surface area (Å²) in [6, 6.07) is 9.30. The first-order valence-corrected chi connectivity index (χ1v) is 11.4. The van der Waals surface area contributed by atoms with Crippen LogP contribution in [0.25, 0.3) is 0 Å². The number of nitrogens with two attached hydrogens (primary N) is 1. The number of hydrogen-bond donors (Lipinski definition) is 1. The van der Waals surface area contributed by atoms with Crippen LogP contribution in [0.2, 0.25) is 5.02 Å². The largest absolute Gasteiger partial charge is 0.369 e. The third-order valence-electron chi connectivity index (χ3n) is 6.10. The van der Waals surface area contributed by atoms with Gasteiger partial charge < -0.3 is 5.73 Å². The Labute approximate surface area is 183 Å². The van der Waals surface area contributed by atoms with Gasteiger partial charge in [0.25, 0.3) is 0 Å². The monoisotopic (exact) mass is 423 g/mol. The van der Waals surface area contributed by atoms with Crippen LogP contribution in [0.5, 0.6) is 0 Å². The van der Waals surface area contributed by atoms with E-state index in [4.69, 9.17) is 17.3 Å². The van der Waals surface area contributed by atoms with Gasteiger partial charge in [-0.05, 0) is 85.9 Å². The molecule has 1 aromatic rings. The van der Waals surface area contributed by atoms with E-state index >= 15 is 0 Å². The Morgan fingerprint density at radius 1 is 0.897 bits per heavy atom. The number of primary amides is 1. The molecule has 0 radical (unpaired) electrons. The van der Waals surface area contributed by atoms with Crippen molar-refractivity contribution in [3.8, 4) is 0 Å². The number of nitrogens with zero attached hydrogens (tertiary/aromatic N) is 2. The molecular formula is C24H42ClN3O. The van der Waals surface area contributed by atoms with E-state index in [1.807, 2.05) is 24.3 Å². The number of carbonyl (C=O) groups is 1. The highest BCUT2D eigenvalue weighted by molar-refractivity contribution is 6.30. The summed E-state index contributed by atoms with van der Waals surface area (Å²) in [6.45, 7) is 19.2. The SMILES string of the molecule is CC(C)N(CCC(CCN(C(C)C)C(C)C)(C(N)=O)c1cccc(Cl)c1)C(C)C. The average Bonchev–Trinajstić information content (AvgIpc) is 2.58. The van der Waals surface area contributed by atoms with Crippen molar-refractivity contribution >= 4 is 17.5 Å². The highest BCUT2D eigenvalue weighted by Gasteiger charge is 2.39. The second-order valence-electron chi connectivity index (χ2n) is 9.31. The van der Waals surface area contributed by atoms with Gasteiger partial charge in [0.1, 0.15) is 0 Å². The zero-order chi connectivity index (χ0) is 22.4. The van der Waals surface area contributed by atoms with Crippen LogP contribution in [0.1, 0.15) is 73.8 Å². The molecule has 0 aliphatic heterocycles. The first-order valence-electron chi connectivity index (χ1n) is 11.0. The van der Waals surface area contributed by atoms with E-state index in [0.717, 1.165) is 18.7 Å². The van der Waals surface area contributed by atoms with E-state index in [-0.39, 0.29) is 5.91 Å². The van der Waals surface area contributed by atoms with Gasteiger partial charge in [0.05, 0.1) is 5.41 Å². The standard InChI is InChI=1S/C24H42ClN3O/c1-17(2)27(18(3)4)14-12-24(23(26)29,21-10-9-11-22(25)16-21)13-15-28(19(5)6)20(7)8/h9-11,16-20H,12-15H2,1-8H3,(H2,26,29). The Morgan fingerprint density at radius 2 is 1.31 bits per heavy atom. The highest BCUT2D eigenvalue weighted by Crippen LogP contribution is 2.35. The summed E-state index contributed by atoms with van der Waals surface area (Å²) in [5.41, 5.74) is 6.30. The van der Waals surface area contributed by atoms with Crippen LogP contribution in [0.15, 0.2) is 24.3 Å². The molecular weight excluding hydrogens is 382 g/mol. The fourth-order valence-corrected chi connectivity index (χ4v) is 4.64. The molecule has 0 aliphatic carbocycles. The summed E-state index contributed by atoms with van der Waals surface area (Å²) in [7, 11) is 0. The summed E-state index contributed by atoms with van der Waals surface area (Å²) in [5.74, 6) is -0.264. The predicted molar refractivity (Wildman–Crippen MR) is 126 cm³/mol. The molecule has 0 saturated carbocycles. The molecule has 166 valence electrons. The van der Waals surface area contributed by atoms with Gasteiger partial charge >= 0.3 is 0 Å². The number of rotatable bonds is 12. The number of halogens is 1. The van der Waals surface area contributed by atoms with Crippen molar-refractivity contribution in [2.75, 3.05) is 13.1 Å². The Kier molecular flexibility index (Phi) is 10.1. The summed E-state index contributed by atoms with van der Waals surface area (Å²) in [6.07, 6.45) is 1.37. The van der Waals surface area contributed by atoms with Crippen LogP contribution >= 0.6 is 11.6 Å². The summed E-state index contributed by atoms with van der Waals surface area (Å²) in [4.78, 5) is 17.8. The fourth-order valence-electron chi connectivity index (χ4n) is 4.45. The second kappa shape index (κ2) is 11.3. The lowest BCUT2D eigenvalue weighted by Crippen LogP contribution is -2.49. The van der Waals surface area contributed by atoms with Crippen LogP contribution in [0, 0.1) is 0 Å². The maximum absolute atomic E-state index is 13.0. The van der Waals surface area contributed by atoms with Gasteiger partial charge in [0, 0.05) is 42.3 Å². The zero-order valence-electron chi connectivity index (χ0n) is 19.7. The molecule has 0 fully saturated rings. The van der Waals surface area contributed by atoms with Crippen LogP contribution in [-0.4, -0.2) is 53.0 Å². The third kappa shape index (κ3) is 6.97. The summed E-state index contributed by atoms with van der Waals surface area (Å²) >= 11 is 6.31. The number of benzene rings is 1. The van der Waals surface area contributed by atoms with Gasteiger partial charge in [-0.2, -0.15) is 0 Å². The molecule has 0 bridgehead atoms. The third-order valence-corrected chi connectivity index (χ3v) is 6.33. The van der Waals surface area contributed by atoms with Crippen molar-refractivity contribution in [3.05, 3.63) is 34.9 Å². The molecule has 0 unspecified atom stereocenters. The highest BCUT2D eigenvalue weighted by atomic mass is 35.5. The van der Waals surface area contributed by atoms with E-state index in [1.165, 1.54) is 0 Å². The minimum atomic E-state index is -0.741. The normalized spacial score (nSPS) is 12.9. The molecule has 1 aromatic carbocycles. The minimum absolute atomic E-state index is 0.264. The van der Waals surface area contributed by atoms with Gasteiger partial charge in [-0.25, -0.2) is 0 Å². The van der Waals surface area contributed by atoms with Crippen molar-refractivity contribution in [2.24, 2.45) is 5.73 Å². The lowest BCUT2D eigenvalue weighted by molar-refractivity contribution is -0.124. The average molecular weight is 424 g/mol. The topological polar surface area (TPSA) is 49.6 Å². The van der Waals surface area contributed by atoms with Crippen LogP contribution in [-0.2, 0) is 10.2 Å². The van der Waals surface area contributed by atoms with Gasteiger partial charge in [0.2, 0.25) is 5.91 Å². The number of carbonyl (C=O) groups excluding carboxylic acids is 1. The van der Waals surface area contributed by atoms with E-state index in [2.05, 4.69) is 65.2 Å². The molecule has 2 N–H and O–H groups in total. The predicted octanol–water partition coefficient (Wildman–Crippen LogP) is 5.08. The molecule has 29 heavy (non-hydrogen) atoms. The molecule has 1 rings (SSSR count). The van der Waals surface area contributed by atoms with Crippen molar-refractivity contribution < 1.29 is 4.79 Å². The van der Waals surface area contributed by atoms with Gasteiger partial charge in [-0.3, -0.25) is 14.6 Å². The van der Waals surface area contributed by atoms with Crippen LogP contribution in [0.3, 0.4) is 0 Å². The molecule has 5 heteroatoms. The Morgan fingerprint density at radius 3 is 1.62 bits per heavy atom. The molecule has 0 atom stereocenters. The van der Waals surface area contributed by atoms with Crippen molar-refractivity contribution in [2.45, 2.75) is 97.8 Å². The lowest BCUT2D eigenvalue weighted by atomic mass is 9.73. The second-order valence-corrected chi connectivity index (χ2v) is 9.74. The van der Waals surface area contributed by atoms with Gasteiger partial charge in [-0.15, -0.1) is 0 Å². The van der Waals surface area contributed by atoms with E-state index in [0.29, 0.717) is 42.0 Å². The molecule has 0 aromatic heterocycles. The van der Waals surface area contributed by atoms with E-state index in [9.17, 15) is 4.79 Å². The molecule has 1 amide bonds. The zero-order valence-corrected chi connectivity index (χ0v) is 20.5. The van der Waals surface area contributed by atoms with Crippen LogP contribution in [0.4, 0.5) is 0 Å². The molecule has 0 saturated heterocycles.